The first-order valence-electron chi connectivity index (χ1n) is 15.2. The van der Waals surface area contributed by atoms with Gasteiger partial charge in [-0.25, -0.2) is 18.6 Å². The number of para-hydroxylation sites is 2. The third-order valence-electron chi connectivity index (χ3n) is 8.25. The molecule has 2 aliphatic rings. The maximum absolute atomic E-state index is 14.4. The normalized spacial score (nSPS) is 19.8. The van der Waals surface area contributed by atoms with Crippen LogP contribution in [0, 0.1) is 5.92 Å². The van der Waals surface area contributed by atoms with E-state index >= 15 is 0 Å². The van der Waals surface area contributed by atoms with Gasteiger partial charge < -0.3 is 24.5 Å². The van der Waals surface area contributed by atoms with E-state index in [0.717, 1.165) is 25.7 Å². The number of halogens is 2. The number of carboxylic acid groups (broad SMARTS) is 1. The molecule has 0 radical (unpaired) electrons. The highest BCUT2D eigenvalue weighted by Crippen LogP contribution is 2.35. The molecule has 0 atom stereocenters. The molecule has 1 aliphatic heterocycles. The zero-order chi connectivity index (χ0) is 30.9. The third-order valence-corrected chi connectivity index (χ3v) is 8.25. The number of rotatable bonds is 8. The van der Waals surface area contributed by atoms with E-state index in [2.05, 4.69) is 23.7 Å². The lowest BCUT2D eigenvalue weighted by Gasteiger charge is -2.45. The van der Waals surface area contributed by atoms with Gasteiger partial charge in [-0.05, 0) is 64.5 Å². The topological polar surface area (TPSA) is 99.9 Å². The van der Waals surface area contributed by atoms with E-state index in [1.807, 2.05) is 31.7 Å². The summed E-state index contributed by atoms with van der Waals surface area (Å²) in [5.41, 5.74) is 0.540. The number of fused-ring (bicyclic) bond motifs is 1. The Labute approximate surface area is 251 Å². The standard InChI is InChI=1S/C31H43F2N7O3/c1-20(2)19-38(21-10-12-22(13-11-21)40(30(41)42)31(3,4)5)25-18-26(36-29(35-25)37-14-16-43-17-15-37)39-24-9-7-6-8-23(24)34-28(39)27(32)33/h6-9,18,20-22,27H,10-17,19H2,1-5H3,(H,41,42). The lowest BCUT2D eigenvalue weighted by molar-refractivity contribution is 0.0544. The Hall–Kier alpha value is -3.54. The van der Waals surface area contributed by atoms with Crippen molar-refractivity contribution in [3.05, 3.63) is 36.2 Å². The Kier molecular flexibility index (Phi) is 9.05. The monoisotopic (exact) mass is 599 g/mol. The van der Waals surface area contributed by atoms with Crippen LogP contribution >= 0.6 is 0 Å². The molecule has 3 aromatic rings. The number of hydrogen-bond acceptors (Lipinski definition) is 7. The number of benzene rings is 1. The van der Waals surface area contributed by atoms with Crippen molar-refractivity contribution in [2.45, 2.75) is 84.4 Å². The molecule has 2 aromatic heterocycles. The van der Waals surface area contributed by atoms with Crippen molar-refractivity contribution in [2.75, 3.05) is 42.6 Å². The highest BCUT2D eigenvalue weighted by molar-refractivity contribution is 5.78. The van der Waals surface area contributed by atoms with Crippen molar-refractivity contribution in [3.8, 4) is 5.82 Å². The fourth-order valence-electron chi connectivity index (χ4n) is 6.45. The van der Waals surface area contributed by atoms with Gasteiger partial charge in [0.2, 0.25) is 5.95 Å². The van der Waals surface area contributed by atoms with Gasteiger partial charge in [0.15, 0.2) is 5.82 Å². The number of alkyl halides is 2. The van der Waals surface area contributed by atoms with E-state index in [0.29, 0.717) is 67.4 Å². The molecule has 234 valence electrons. The zero-order valence-corrected chi connectivity index (χ0v) is 25.7. The molecule has 1 saturated heterocycles. The van der Waals surface area contributed by atoms with E-state index in [4.69, 9.17) is 14.7 Å². The first-order chi connectivity index (χ1) is 20.4. The molecule has 10 nitrogen and oxygen atoms in total. The second kappa shape index (κ2) is 12.6. The fourth-order valence-corrected chi connectivity index (χ4v) is 6.45. The summed E-state index contributed by atoms with van der Waals surface area (Å²) in [5.74, 6) is 1.45. The van der Waals surface area contributed by atoms with Crippen molar-refractivity contribution >= 4 is 28.9 Å². The van der Waals surface area contributed by atoms with Gasteiger partial charge in [0.1, 0.15) is 11.6 Å². The van der Waals surface area contributed by atoms with Crippen molar-refractivity contribution in [1.82, 2.24) is 24.4 Å². The highest BCUT2D eigenvalue weighted by Gasteiger charge is 2.37. The number of ether oxygens (including phenoxy) is 1. The predicted molar refractivity (Wildman–Crippen MR) is 162 cm³/mol. The SMILES string of the molecule is CC(C)CN(c1cc(-n2c(C(F)F)nc3ccccc32)nc(N2CCOCC2)n1)C1CCC(N(C(=O)O)C(C)(C)C)CC1. The van der Waals surface area contributed by atoms with Crippen LogP contribution < -0.4 is 9.80 Å². The average Bonchev–Trinajstić information content (AvgIpc) is 3.36. The largest absolute Gasteiger partial charge is 0.465 e. The summed E-state index contributed by atoms with van der Waals surface area (Å²) in [6.45, 7) is 13.1. The minimum absolute atomic E-state index is 0.0644. The Morgan fingerprint density at radius 2 is 1.70 bits per heavy atom. The molecule has 1 aliphatic carbocycles. The molecule has 0 bridgehead atoms. The van der Waals surface area contributed by atoms with E-state index in [1.54, 1.807) is 29.2 Å². The van der Waals surface area contributed by atoms with Crippen molar-refractivity contribution in [2.24, 2.45) is 5.92 Å². The Bertz CT molecular complexity index is 1410. The van der Waals surface area contributed by atoms with Gasteiger partial charge in [-0.2, -0.15) is 9.97 Å². The van der Waals surface area contributed by atoms with Crippen LogP contribution in [0.1, 0.15) is 72.6 Å². The summed E-state index contributed by atoms with van der Waals surface area (Å²) in [7, 11) is 0. The molecule has 5 rings (SSSR count). The third kappa shape index (κ3) is 6.68. The second-order valence-corrected chi connectivity index (χ2v) is 12.9. The van der Waals surface area contributed by atoms with Gasteiger partial charge in [0, 0.05) is 43.3 Å². The molecule has 3 heterocycles. The van der Waals surface area contributed by atoms with Crippen LogP contribution in [0.15, 0.2) is 30.3 Å². The summed E-state index contributed by atoms with van der Waals surface area (Å²) >= 11 is 0. The lowest BCUT2D eigenvalue weighted by Crippen LogP contribution is -2.53. The number of hydrogen-bond donors (Lipinski definition) is 1. The van der Waals surface area contributed by atoms with Crippen molar-refractivity contribution in [3.63, 3.8) is 0 Å². The molecule has 0 spiro atoms. The van der Waals surface area contributed by atoms with E-state index < -0.39 is 18.1 Å². The Balaban J connectivity index is 1.56. The Morgan fingerprint density at radius 3 is 2.30 bits per heavy atom. The van der Waals surface area contributed by atoms with Crippen LogP contribution in [0.5, 0.6) is 0 Å². The molecule has 2 fully saturated rings. The van der Waals surface area contributed by atoms with E-state index in [-0.39, 0.29) is 17.9 Å². The molecule has 43 heavy (non-hydrogen) atoms. The zero-order valence-electron chi connectivity index (χ0n) is 25.7. The quantitative estimate of drug-likeness (QED) is 0.330. The molecule has 12 heteroatoms. The predicted octanol–water partition coefficient (Wildman–Crippen LogP) is 6.14. The molecular weight excluding hydrogens is 556 g/mol. The number of imidazole rings is 1. The first-order valence-corrected chi connectivity index (χ1v) is 15.2. The van der Waals surface area contributed by atoms with E-state index in [9.17, 15) is 18.7 Å². The molecular formula is C31H43F2N7O3. The summed E-state index contributed by atoms with van der Waals surface area (Å²) in [6, 6.07) is 8.95. The number of carbonyl (C=O) groups is 1. The minimum atomic E-state index is -2.79. The summed E-state index contributed by atoms with van der Waals surface area (Å²) in [5, 5.41) is 9.97. The van der Waals surface area contributed by atoms with E-state index in [1.165, 1.54) is 4.57 Å². The summed E-state index contributed by atoms with van der Waals surface area (Å²) < 4.78 is 35.7. The lowest BCUT2D eigenvalue weighted by atomic mass is 9.87. The first kappa shape index (κ1) is 30.9. The molecule has 1 aromatic carbocycles. The van der Waals surface area contributed by atoms with Crippen LogP contribution in [-0.2, 0) is 4.74 Å². The van der Waals surface area contributed by atoms with Gasteiger partial charge in [-0.3, -0.25) is 4.57 Å². The number of nitrogens with zero attached hydrogens (tertiary/aromatic N) is 7. The van der Waals surface area contributed by atoms with Gasteiger partial charge in [-0.1, -0.05) is 26.0 Å². The molecule has 1 saturated carbocycles. The van der Waals surface area contributed by atoms with Gasteiger partial charge in [0.25, 0.3) is 6.43 Å². The maximum atomic E-state index is 14.4. The molecule has 1 amide bonds. The van der Waals surface area contributed by atoms with Crippen LogP contribution in [0.25, 0.3) is 16.9 Å². The fraction of sp³-hybridized carbons (Fsp3) is 0.613. The highest BCUT2D eigenvalue weighted by atomic mass is 19.3. The number of anilines is 2. The van der Waals surface area contributed by atoms with Crippen LogP contribution in [0.4, 0.5) is 25.3 Å². The molecule has 1 N–H and O–H groups in total. The molecule has 0 unspecified atom stereocenters. The van der Waals surface area contributed by atoms with Crippen LogP contribution in [-0.4, -0.2) is 86.1 Å². The van der Waals surface area contributed by atoms with Crippen molar-refractivity contribution in [1.29, 1.82) is 0 Å². The average molecular weight is 600 g/mol. The van der Waals surface area contributed by atoms with Gasteiger partial charge in [-0.15, -0.1) is 0 Å². The van der Waals surface area contributed by atoms with Gasteiger partial charge in [0.05, 0.1) is 24.2 Å². The van der Waals surface area contributed by atoms with Crippen LogP contribution in [0.3, 0.4) is 0 Å². The number of amides is 1. The van der Waals surface area contributed by atoms with Crippen LogP contribution in [0.2, 0.25) is 0 Å². The van der Waals surface area contributed by atoms with Gasteiger partial charge >= 0.3 is 6.09 Å². The Morgan fingerprint density at radius 1 is 1.05 bits per heavy atom. The maximum Gasteiger partial charge on any atom is 0.407 e. The second-order valence-electron chi connectivity index (χ2n) is 12.9. The summed E-state index contributed by atoms with van der Waals surface area (Å²) in [6.07, 6.45) is -0.635. The smallest absolute Gasteiger partial charge is 0.407 e. The number of aromatic nitrogens is 4. The van der Waals surface area contributed by atoms with Crippen molar-refractivity contribution < 1.29 is 23.4 Å². The summed E-state index contributed by atoms with van der Waals surface area (Å²) in [4.78, 5) is 32.2. The number of morpholine rings is 1. The minimum Gasteiger partial charge on any atom is -0.465 e.